The molecule has 0 radical (unpaired) electrons. The Morgan fingerprint density at radius 2 is 2.10 bits per heavy atom. The fraction of sp³-hybridized carbons (Fsp3) is 0.357. The average molecular weight is 351 g/mol. The number of aryl methyl sites for hydroxylation is 1. The van der Waals surface area contributed by atoms with Crippen molar-refractivity contribution in [3.8, 4) is 0 Å². The molecule has 6 nitrogen and oxygen atoms in total. The van der Waals surface area contributed by atoms with E-state index in [9.17, 15) is 4.79 Å². The Bertz CT molecular complexity index is 649. The largest absolute Gasteiger partial charge is 0.444 e. The van der Waals surface area contributed by atoms with Crippen LogP contribution in [0.4, 0.5) is 5.82 Å². The van der Waals surface area contributed by atoms with E-state index in [4.69, 9.17) is 4.42 Å². The van der Waals surface area contributed by atoms with Gasteiger partial charge in [-0.15, -0.1) is 5.10 Å². The van der Waals surface area contributed by atoms with Crippen LogP contribution in [0.15, 0.2) is 33.4 Å². The lowest BCUT2D eigenvalue weighted by molar-refractivity contribution is 0.0671. The third kappa shape index (κ3) is 2.78. The molecule has 21 heavy (non-hydrogen) atoms. The van der Waals surface area contributed by atoms with Gasteiger partial charge in [-0.2, -0.15) is 5.10 Å². The van der Waals surface area contributed by atoms with Gasteiger partial charge in [0.1, 0.15) is 0 Å². The van der Waals surface area contributed by atoms with Crippen LogP contribution in [0.3, 0.4) is 0 Å². The van der Waals surface area contributed by atoms with Crippen molar-refractivity contribution < 1.29 is 9.21 Å². The molecule has 0 bridgehead atoms. The fourth-order valence-electron chi connectivity index (χ4n) is 2.22. The highest BCUT2D eigenvalue weighted by molar-refractivity contribution is 9.10. The van der Waals surface area contributed by atoms with Crippen molar-refractivity contribution in [1.29, 1.82) is 0 Å². The van der Waals surface area contributed by atoms with Crippen LogP contribution in [0.5, 0.6) is 0 Å². The van der Waals surface area contributed by atoms with Crippen LogP contribution < -0.4 is 4.90 Å². The molecule has 3 rings (SSSR count). The van der Waals surface area contributed by atoms with E-state index in [-0.39, 0.29) is 11.9 Å². The molecule has 2 aromatic heterocycles. The molecule has 7 heteroatoms. The van der Waals surface area contributed by atoms with Crippen molar-refractivity contribution in [2.45, 2.75) is 13.0 Å². The van der Waals surface area contributed by atoms with Crippen molar-refractivity contribution in [2.24, 2.45) is 0 Å². The Balaban J connectivity index is 1.60. The smallest absolute Gasteiger partial charge is 0.289 e. The van der Waals surface area contributed by atoms with Crippen LogP contribution in [0.2, 0.25) is 0 Å². The number of amides is 1. The summed E-state index contributed by atoms with van der Waals surface area (Å²) in [5.74, 6) is 1.08. The second kappa shape index (κ2) is 5.48. The number of hydrogen-bond donors (Lipinski definition) is 0. The van der Waals surface area contributed by atoms with Gasteiger partial charge in [0.2, 0.25) is 0 Å². The zero-order valence-corrected chi connectivity index (χ0v) is 13.4. The van der Waals surface area contributed by atoms with E-state index in [0.29, 0.717) is 10.4 Å². The molecule has 0 aromatic carbocycles. The number of nitrogens with zero attached hydrogens (tertiary/aromatic N) is 4. The van der Waals surface area contributed by atoms with Crippen LogP contribution in [0, 0.1) is 6.92 Å². The summed E-state index contributed by atoms with van der Waals surface area (Å²) in [6.07, 6.45) is 0. The topological polar surface area (TPSA) is 62.5 Å². The Morgan fingerprint density at radius 1 is 1.33 bits per heavy atom. The van der Waals surface area contributed by atoms with Gasteiger partial charge in [-0.1, -0.05) is 0 Å². The van der Waals surface area contributed by atoms with Crippen LogP contribution in [0.1, 0.15) is 16.2 Å². The molecule has 1 aliphatic rings. The van der Waals surface area contributed by atoms with Gasteiger partial charge in [0, 0.05) is 20.1 Å². The zero-order chi connectivity index (χ0) is 15.0. The highest BCUT2D eigenvalue weighted by Gasteiger charge is 2.34. The monoisotopic (exact) mass is 350 g/mol. The number of rotatable bonds is 3. The summed E-state index contributed by atoms with van der Waals surface area (Å²) in [7, 11) is 1.79. The first-order chi connectivity index (χ1) is 10.0. The maximum absolute atomic E-state index is 12.2. The molecular weight excluding hydrogens is 336 g/mol. The summed E-state index contributed by atoms with van der Waals surface area (Å²) in [6, 6.07) is 7.43. The lowest BCUT2D eigenvalue weighted by Crippen LogP contribution is -2.60. The van der Waals surface area contributed by atoms with Gasteiger partial charge in [-0.05, 0) is 47.1 Å². The summed E-state index contributed by atoms with van der Waals surface area (Å²) >= 11 is 3.20. The highest BCUT2D eigenvalue weighted by Crippen LogP contribution is 2.23. The molecule has 2 aromatic rings. The van der Waals surface area contributed by atoms with Crippen molar-refractivity contribution >= 4 is 27.7 Å². The molecular formula is C14H15BrN4O2. The Morgan fingerprint density at radius 3 is 2.67 bits per heavy atom. The van der Waals surface area contributed by atoms with Gasteiger partial charge < -0.3 is 14.2 Å². The molecule has 1 saturated heterocycles. The lowest BCUT2D eigenvalue weighted by atomic mass is 10.1. The summed E-state index contributed by atoms with van der Waals surface area (Å²) in [5.41, 5.74) is 0.895. The van der Waals surface area contributed by atoms with Crippen LogP contribution in [-0.2, 0) is 0 Å². The van der Waals surface area contributed by atoms with E-state index in [0.717, 1.165) is 24.6 Å². The third-order valence-electron chi connectivity index (χ3n) is 3.62. The fourth-order valence-corrected chi connectivity index (χ4v) is 2.52. The van der Waals surface area contributed by atoms with E-state index < -0.39 is 0 Å². The predicted molar refractivity (Wildman–Crippen MR) is 81.3 cm³/mol. The normalized spacial score (nSPS) is 14.9. The zero-order valence-electron chi connectivity index (χ0n) is 11.8. The van der Waals surface area contributed by atoms with Gasteiger partial charge in [-0.25, -0.2) is 0 Å². The average Bonchev–Trinajstić information content (AvgIpc) is 2.85. The van der Waals surface area contributed by atoms with E-state index in [1.807, 2.05) is 19.1 Å². The number of halogens is 1. The van der Waals surface area contributed by atoms with E-state index in [1.54, 1.807) is 24.1 Å². The molecule has 0 saturated carbocycles. The number of carbonyl (C=O) groups is 1. The molecule has 1 aliphatic heterocycles. The first-order valence-electron chi connectivity index (χ1n) is 6.62. The minimum absolute atomic E-state index is 0.111. The molecule has 0 aliphatic carbocycles. The highest BCUT2D eigenvalue weighted by atomic mass is 79.9. The molecule has 3 heterocycles. The number of hydrogen-bond acceptors (Lipinski definition) is 5. The Hall–Kier alpha value is -1.89. The van der Waals surface area contributed by atoms with Gasteiger partial charge in [0.25, 0.3) is 5.91 Å². The van der Waals surface area contributed by atoms with Crippen LogP contribution >= 0.6 is 15.9 Å². The van der Waals surface area contributed by atoms with Gasteiger partial charge in [0.15, 0.2) is 16.2 Å². The minimum atomic E-state index is -0.111. The first-order valence-corrected chi connectivity index (χ1v) is 7.41. The van der Waals surface area contributed by atoms with Gasteiger partial charge in [0.05, 0.1) is 11.7 Å². The number of likely N-dealkylation sites (N-methyl/N-ethyl adjacent to an activating group) is 1. The summed E-state index contributed by atoms with van der Waals surface area (Å²) < 4.78 is 5.86. The Labute approximate surface area is 130 Å². The maximum atomic E-state index is 12.2. The van der Waals surface area contributed by atoms with Crippen molar-refractivity contribution in [1.82, 2.24) is 15.1 Å². The van der Waals surface area contributed by atoms with E-state index in [2.05, 4.69) is 31.0 Å². The third-order valence-corrected chi connectivity index (χ3v) is 4.05. The SMILES string of the molecule is Cc1ccc(N2CC(N(C)C(=O)c3ccc(Br)o3)C2)nn1. The number of furan rings is 1. The predicted octanol–water partition coefficient (Wildman–Crippen LogP) is 2.10. The van der Waals surface area contributed by atoms with Crippen molar-refractivity contribution in [3.63, 3.8) is 0 Å². The molecule has 110 valence electrons. The second-order valence-corrected chi connectivity index (χ2v) is 5.89. The standard InChI is InChI=1S/C14H15BrN4O2/c1-9-3-6-13(17-16-9)19-7-10(8-19)18(2)14(20)11-4-5-12(15)21-11/h3-6,10H,7-8H2,1-2H3. The number of aromatic nitrogens is 2. The molecule has 1 amide bonds. The van der Waals surface area contributed by atoms with Gasteiger partial charge >= 0.3 is 0 Å². The molecule has 0 spiro atoms. The summed E-state index contributed by atoms with van der Waals surface area (Å²) in [4.78, 5) is 16.1. The minimum Gasteiger partial charge on any atom is -0.444 e. The van der Waals surface area contributed by atoms with Crippen LogP contribution in [0.25, 0.3) is 0 Å². The quantitative estimate of drug-likeness (QED) is 0.848. The Kier molecular flexibility index (Phi) is 3.67. The van der Waals surface area contributed by atoms with E-state index in [1.165, 1.54) is 0 Å². The van der Waals surface area contributed by atoms with Crippen molar-refractivity contribution in [2.75, 3.05) is 25.0 Å². The number of carbonyl (C=O) groups excluding carboxylic acids is 1. The second-order valence-electron chi connectivity index (χ2n) is 5.11. The maximum Gasteiger partial charge on any atom is 0.289 e. The molecule has 0 atom stereocenters. The summed E-state index contributed by atoms with van der Waals surface area (Å²) in [5, 5.41) is 8.19. The molecule has 0 N–H and O–H groups in total. The molecule has 1 fully saturated rings. The van der Waals surface area contributed by atoms with Crippen molar-refractivity contribution in [3.05, 3.63) is 40.4 Å². The van der Waals surface area contributed by atoms with Crippen LogP contribution in [-0.4, -0.2) is 47.2 Å². The van der Waals surface area contributed by atoms with Gasteiger partial charge in [-0.3, -0.25) is 4.79 Å². The van der Waals surface area contributed by atoms with E-state index >= 15 is 0 Å². The first kappa shape index (κ1) is 14.1. The number of anilines is 1. The lowest BCUT2D eigenvalue weighted by Gasteiger charge is -2.44. The molecule has 0 unspecified atom stereocenters. The summed E-state index contributed by atoms with van der Waals surface area (Å²) in [6.45, 7) is 3.41.